The molecule has 1 aliphatic carbocycles. The number of hydrogen-bond donors (Lipinski definition) is 0. The van der Waals surface area contributed by atoms with Crippen molar-refractivity contribution in [3.05, 3.63) is 81.3 Å². The fourth-order valence-electron chi connectivity index (χ4n) is 4.14. The van der Waals surface area contributed by atoms with Gasteiger partial charge in [0, 0.05) is 4.47 Å². The maximum Gasteiger partial charge on any atom is 0.274 e. The summed E-state index contributed by atoms with van der Waals surface area (Å²) in [5, 5.41) is 2.56. The van der Waals surface area contributed by atoms with Crippen LogP contribution in [0, 0.1) is 17.8 Å². The molecule has 7 heteroatoms. The Morgan fingerprint density at radius 1 is 1.13 bits per heavy atom. The minimum Gasteiger partial charge on any atom is -0.272 e. The monoisotopic (exact) mass is 486 g/mol. The number of amides is 3. The Bertz CT molecular complexity index is 1040. The summed E-state index contributed by atoms with van der Waals surface area (Å²) in [7, 11) is 0. The predicted molar refractivity (Wildman–Crippen MR) is 117 cm³/mol. The Morgan fingerprint density at radius 2 is 1.83 bits per heavy atom. The van der Waals surface area contributed by atoms with E-state index < -0.39 is 17.7 Å². The molecule has 2 aliphatic rings. The third kappa shape index (κ3) is 3.70. The lowest BCUT2D eigenvalue weighted by Gasteiger charge is -2.31. The van der Waals surface area contributed by atoms with Crippen molar-refractivity contribution in [2.24, 2.45) is 17.8 Å². The normalized spacial score (nSPS) is 22.9. The van der Waals surface area contributed by atoms with Gasteiger partial charge in [-0.1, -0.05) is 70.9 Å². The largest absolute Gasteiger partial charge is 0.274 e. The first-order chi connectivity index (χ1) is 14.4. The van der Waals surface area contributed by atoms with Gasteiger partial charge in [0.25, 0.3) is 17.7 Å². The zero-order valence-corrected chi connectivity index (χ0v) is 18.6. The molecule has 2 aromatic carbocycles. The van der Waals surface area contributed by atoms with Crippen LogP contribution >= 0.6 is 27.5 Å². The SMILES string of the molecule is C[C@@H]1C=CC[C@@H]2C(=O)N(N(Cc3ccc(Br)cc3)C(=O)c3ccccc3Cl)C(=O)[C@@H]12. The number of hydrogen-bond acceptors (Lipinski definition) is 3. The van der Waals surface area contributed by atoms with Crippen LogP contribution in [0.3, 0.4) is 0 Å². The van der Waals surface area contributed by atoms with Crippen molar-refractivity contribution in [3.8, 4) is 0 Å². The van der Waals surface area contributed by atoms with Crippen molar-refractivity contribution < 1.29 is 14.4 Å². The summed E-state index contributed by atoms with van der Waals surface area (Å²) >= 11 is 9.66. The van der Waals surface area contributed by atoms with Crippen LogP contribution in [0.1, 0.15) is 29.3 Å². The quantitative estimate of drug-likeness (QED) is 0.457. The van der Waals surface area contributed by atoms with Crippen molar-refractivity contribution in [1.29, 1.82) is 0 Å². The number of carbonyl (C=O) groups is 3. The zero-order valence-electron chi connectivity index (χ0n) is 16.3. The van der Waals surface area contributed by atoms with E-state index in [0.29, 0.717) is 6.42 Å². The Kier molecular flexibility index (Phi) is 5.80. The van der Waals surface area contributed by atoms with Gasteiger partial charge in [0.2, 0.25) is 0 Å². The van der Waals surface area contributed by atoms with Crippen molar-refractivity contribution in [2.75, 3.05) is 0 Å². The number of halogens is 2. The molecular weight excluding hydrogens is 468 g/mol. The standard InChI is InChI=1S/C23H20BrClN2O3/c1-14-5-4-7-18-20(14)23(30)27(22(18)29)26(13-15-9-11-16(24)12-10-15)21(28)17-6-2-3-8-19(17)25/h2-6,8-12,14,18,20H,7,13H2,1H3/t14-,18+,20+/m1/s1. The third-order valence-corrected chi connectivity index (χ3v) is 6.53. The van der Waals surface area contributed by atoms with E-state index in [2.05, 4.69) is 15.9 Å². The maximum atomic E-state index is 13.5. The first-order valence-corrected chi connectivity index (χ1v) is 10.9. The van der Waals surface area contributed by atoms with Crippen molar-refractivity contribution in [2.45, 2.75) is 19.9 Å². The molecule has 0 aromatic heterocycles. The summed E-state index contributed by atoms with van der Waals surface area (Å²) in [6.45, 7) is 2.01. The molecule has 154 valence electrons. The number of carbonyl (C=O) groups excluding carboxylic acids is 3. The third-order valence-electron chi connectivity index (χ3n) is 5.68. The lowest BCUT2D eigenvalue weighted by atomic mass is 9.78. The number of hydrazine groups is 1. The van der Waals surface area contributed by atoms with E-state index in [1.54, 1.807) is 24.3 Å². The van der Waals surface area contributed by atoms with Gasteiger partial charge < -0.3 is 0 Å². The highest BCUT2D eigenvalue weighted by Gasteiger charge is 2.53. The summed E-state index contributed by atoms with van der Waals surface area (Å²) in [4.78, 5) is 40.0. The fraction of sp³-hybridized carbons (Fsp3) is 0.261. The lowest BCUT2D eigenvalue weighted by molar-refractivity contribution is -0.155. The Labute approximate surface area is 188 Å². The Morgan fingerprint density at radius 3 is 2.50 bits per heavy atom. The summed E-state index contributed by atoms with van der Waals surface area (Å²) in [6, 6.07) is 14.0. The highest BCUT2D eigenvalue weighted by atomic mass is 79.9. The van der Waals surface area contributed by atoms with Gasteiger partial charge in [-0.3, -0.25) is 14.4 Å². The van der Waals surface area contributed by atoms with Gasteiger partial charge in [-0.05, 0) is 42.2 Å². The van der Waals surface area contributed by atoms with Gasteiger partial charge in [-0.2, -0.15) is 5.01 Å². The Hall–Kier alpha value is -2.44. The molecule has 0 radical (unpaired) electrons. The van der Waals surface area contributed by atoms with E-state index >= 15 is 0 Å². The van der Waals surface area contributed by atoms with Crippen molar-refractivity contribution >= 4 is 45.3 Å². The van der Waals surface area contributed by atoms with E-state index in [1.807, 2.05) is 43.3 Å². The van der Waals surface area contributed by atoms with E-state index in [1.165, 1.54) is 5.01 Å². The lowest BCUT2D eigenvalue weighted by Crippen LogP contribution is -2.50. The van der Waals surface area contributed by atoms with Crippen LogP contribution < -0.4 is 0 Å². The Balaban J connectivity index is 1.74. The first kappa shape index (κ1) is 20.8. The van der Waals surface area contributed by atoms with Crippen LogP contribution in [0.25, 0.3) is 0 Å². The molecule has 1 saturated heterocycles. The van der Waals surface area contributed by atoms with Gasteiger partial charge in [0.15, 0.2) is 0 Å². The number of rotatable bonds is 4. The minimum absolute atomic E-state index is 0.0601. The minimum atomic E-state index is -0.482. The fourth-order valence-corrected chi connectivity index (χ4v) is 4.62. The molecule has 0 unspecified atom stereocenters. The number of imide groups is 1. The molecule has 0 N–H and O–H groups in total. The number of allylic oxidation sites excluding steroid dienone is 2. The topological polar surface area (TPSA) is 57.7 Å². The van der Waals surface area contributed by atoms with Crippen LogP contribution in [0.2, 0.25) is 5.02 Å². The summed E-state index contributed by atoms with van der Waals surface area (Å²) in [6.07, 6.45) is 4.41. The molecule has 1 heterocycles. The summed E-state index contributed by atoms with van der Waals surface area (Å²) in [5.74, 6) is -2.10. The second kappa shape index (κ2) is 8.36. The highest BCUT2D eigenvalue weighted by molar-refractivity contribution is 9.10. The molecule has 0 bridgehead atoms. The van der Waals surface area contributed by atoms with E-state index in [4.69, 9.17) is 11.6 Å². The number of nitrogens with zero attached hydrogens (tertiary/aromatic N) is 2. The first-order valence-electron chi connectivity index (χ1n) is 9.73. The zero-order chi connectivity index (χ0) is 21.4. The van der Waals surface area contributed by atoms with E-state index in [9.17, 15) is 14.4 Å². The highest BCUT2D eigenvalue weighted by Crippen LogP contribution is 2.39. The molecule has 3 atom stereocenters. The second-order valence-electron chi connectivity index (χ2n) is 7.61. The van der Waals surface area contributed by atoms with Gasteiger partial charge >= 0.3 is 0 Å². The van der Waals surface area contributed by atoms with Crippen molar-refractivity contribution in [1.82, 2.24) is 10.0 Å². The average Bonchev–Trinajstić information content (AvgIpc) is 2.99. The van der Waals surface area contributed by atoms with Gasteiger partial charge in [0.05, 0.1) is 29.0 Å². The summed E-state index contributed by atoms with van der Waals surface area (Å²) in [5.41, 5.74) is 1.04. The smallest absolute Gasteiger partial charge is 0.272 e. The maximum absolute atomic E-state index is 13.5. The van der Waals surface area contributed by atoms with Crippen LogP contribution in [-0.2, 0) is 16.1 Å². The summed E-state index contributed by atoms with van der Waals surface area (Å²) < 4.78 is 0.898. The molecule has 1 aliphatic heterocycles. The molecular formula is C23H20BrClN2O3. The van der Waals surface area contributed by atoms with Crippen LogP contribution in [-0.4, -0.2) is 27.7 Å². The predicted octanol–water partition coefficient (Wildman–Crippen LogP) is 4.86. The molecule has 0 saturated carbocycles. The molecule has 5 nitrogen and oxygen atoms in total. The van der Waals surface area contributed by atoms with E-state index in [-0.39, 0.29) is 34.9 Å². The number of fused-ring (bicyclic) bond motifs is 1. The van der Waals surface area contributed by atoms with Gasteiger partial charge in [-0.25, -0.2) is 5.01 Å². The molecule has 4 rings (SSSR count). The molecule has 0 spiro atoms. The molecule has 2 aromatic rings. The molecule has 30 heavy (non-hydrogen) atoms. The van der Waals surface area contributed by atoms with Gasteiger partial charge in [-0.15, -0.1) is 0 Å². The second-order valence-corrected chi connectivity index (χ2v) is 8.94. The average molecular weight is 488 g/mol. The molecule has 1 fully saturated rings. The molecule has 3 amide bonds. The van der Waals surface area contributed by atoms with Crippen LogP contribution in [0.4, 0.5) is 0 Å². The van der Waals surface area contributed by atoms with Crippen LogP contribution in [0.5, 0.6) is 0 Å². The van der Waals surface area contributed by atoms with Gasteiger partial charge in [0.1, 0.15) is 0 Å². The van der Waals surface area contributed by atoms with Crippen LogP contribution in [0.15, 0.2) is 65.2 Å². The van der Waals surface area contributed by atoms with E-state index in [0.717, 1.165) is 15.0 Å². The van der Waals surface area contributed by atoms with Crippen molar-refractivity contribution in [3.63, 3.8) is 0 Å². The number of benzene rings is 2.